The standard InChI is InChI=1S/C18H14ClFN4O4/c1-9-15(17(25)22-13-5-3-2-4-12(13)20)16(23-18(26)21-9)10-6-7-11(19)14(8-10)24(27)28/h2-8,16H,1H3,(H,22,25)(H2,21,23,26)/t16-/m0/s1. The maximum absolute atomic E-state index is 13.9. The number of rotatable bonds is 4. The van der Waals surface area contributed by atoms with E-state index in [-0.39, 0.29) is 33.2 Å². The van der Waals surface area contributed by atoms with Crippen molar-refractivity contribution < 1.29 is 18.9 Å². The van der Waals surface area contributed by atoms with Crippen molar-refractivity contribution in [2.45, 2.75) is 13.0 Å². The molecule has 0 bridgehead atoms. The number of amides is 3. The summed E-state index contributed by atoms with van der Waals surface area (Å²) in [4.78, 5) is 35.2. The topological polar surface area (TPSA) is 113 Å². The van der Waals surface area contributed by atoms with Gasteiger partial charge in [-0.1, -0.05) is 29.8 Å². The third kappa shape index (κ3) is 3.79. The van der Waals surface area contributed by atoms with Gasteiger partial charge in [0.2, 0.25) is 0 Å². The molecule has 2 aromatic rings. The van der Waals surface area contributed by atoms with E-state index in [1.54, 1.807) is 6.07 Å². The fourth-order valence-electron chi connectivity index (χ4n) is 2.85. The molecule has 1 heterocycles. The van der Waals surface area contributed by atoms with Crippen molar-refractivity contribution in [3.63, 3.8) is 0 Å². The maximum atomic E-state index is 13.9. The predicted octanol–water partition coefficient (Wildman–Crippen LogP) is 3.65. The number of anilines is 1. The predicted molar refractivity (Wildman–Crippen MR) is 100 cm³/mol. The molecular formula is C18H14ClFN4O4. The average Bonchev–Trinajstić information content (AvgIpc) is 2.63. The monoisotopic (exact) mass is 404 g/mol. The molecule has 0 aromatic heterocycles. The first-order chi connectivity index (χ1) is 13.3. The van der Waals surface area contributed by atoms with Crippen molar-refractivity contribution in [2.75, 3.05) is 5.32 Å². The van der Waals surface area contributed by atoms with Crippen molar-refractivity contribution in [2.24, 2.45) is 0 Å². The molecule has 1 atom stereocenters. The number of nitro groups is 1. The van der Waals surface area contributed by atoms with Gasteiger partial charge in [0.15, 0.2) is 0 Å². The Balaban J connectivity index is 2.02. The lowest BCUT2D eigenvalue weighted by Gasteiger charge is -2.28. The van der Waals surface area contributed by atoms with Crippen LogP contribution in [0.4, 0.5) is 20.6 Å². The Hall–Kier alpha value is -3.46. The van der Waals surface area contributed by atoms with E-state index in [4.69, 9.17) is 11.6 Å². The lowest BCUT2D eigenvalue weighted by Crippen LogP contribution is -2.46. The van der Waals surface area contributed by atoms with Crippen molar-refractivity contribution >= 4 is 34.9 Å². The minimum atomic E-state index is -0.989. The van der Waals surface area contributed by atoms with Gasteiger partial charge in [-0.15, -0.1) is 0 Å². The van der Waals surface area contributed by atoms with Crippen molar-refractivity contribution in [3.8, 4) is 0 Å². The van der Waals surface area contributed by atoms with Gasteiger partial charge in [-0.25, -0.2) is 9.18 Å². The minimum Gasteiger partial charge on any atom is -0.327 e. The third-order valence-corrected chi connectivity index (χ3v) is 4.46. The second-order valence-corrected chi connectivity index (χ2v) is 6.38. The molecule has 0 saturated carbocycles. The molecule has 3 N–H and O–H groups in total. The summed E-state index contributed by atoms with van der Waals surface area (Å²) in [5.41, 5.74) is 0.202. The van der Waals surface area contributed by atoms with E-state index >= 15 is 0 Å². The minimum absolute atomic E-state index is 0.0365. The number of hydrogen-bond acceptors (Lipinski definition) is 4. The molecule has 0 fully saturated rings. The van der Waals surface area contributed by atoms with Gasteiger partial charge in [0, 0.05) is 11.8 Å². The van der Waals surface area contributed by atoms with Gasteiger partial charge in [-0.2, -0.15) is 0 Å². The summed E-state index contributed by atoms with van der Waals surface area (Å²) < 4.78 is 13.9. The SMILES string of the molecule is CC1=C(C(=O)Nc2ccccc2F)[C@H](c2ccc(Cl)c([N+](=O)[O-])c2)NC(=O)N1. The first-order valence-electron chi connectivity index (χ1n) is 8.06. The first kappa shape index (κ1) is 19.3. The van der Waals surface area contributed by atoms with Crippen molar-refractivity contribution in [3.05, 3.63) is 80.3 Å². The highest BCUT2D eigenvalue weighted by Crippen LogP contribution is 2.33. The molecule has 1 aliphatic rings. The first-order valence-corrected chi connectivity index (χ1v) is 8.43. The van der Waals surface area contributed by atoms with Gasteiger partial charge >= 0.3 is 6.03 Å². The number of allylic oxidation sites excluding steroid dienone is 1. The van der Waals surface area contributed by atoms with Crippen LogP contribution in [0, 0.1) is 15.9 Å². The number of carbonyl (C=O) groups excluding carboxylic acids is 2. The fourth-order valence-corrected chi connectivity index (χ4v) is 3.03. The lowest BCUT2D eigenvalue weighted by molar-refractivity contribution is -0.384. The highest BCUT2D eigenvalue weighted by molar-refractivity contribution is 6.32. The van der Waals surface area contributed by atoms with E-state index in [1.807, 2.05) is 0 Å². The molecule has 144 valence electrons. The van der Waals surface area contributed by atoms with Gasteiger partial charge in [-0.3, -0.25) is 14.9 Å². The van der Waals surface area contributed by atoms with Crippen LogP contribution in [-0.2, 0) is 4.79 Å². The molecular weight excluding hydrogens is 391 g/mol. The molecule has 0 spiro atoms. The van der Waals surface area contributed by atoms with E-state index in [0.29, 0.717) is 0 Å². The number of nitrogens with one attached hydrogen (secondary N) is 3. The van der Waals surface area contributed by atoms with Crippen LogP contribution in [0.5, 0.6) is 0 Å². The quantitative estimate of drug-likeness (QED) is 0.533. The normalized spacial score (nSPS) is 16.2. The average molecular weight is 405 g/mol. The second-order valence-electron chi connectivity index (χ2n) is 5.97. The van der Waals surface area contributed by atoms with E-state index in [9.17, 15) is 24.1 Å². The van der Waals surface area contributed by atoms with E-state index < -0.39 is 28.7 Å². The van der Waals surface area contributed by atoms with Crippen LogP contribution >= 0.6 is 11.6 Å². The largest absolute Gasteiger partial charge is 0.327 e. The zero-order chi connectivity index (χ0) is 20.4. The number of para-hydroxylation sites is 1. The Morgan fingerprint density at radius 1 is 1.29 bits per heavy atom. The summed E-state index contributed by atoms with van der Waals surface area (Å²) in [5, 5.41) is 18.6. The Morgan fingerprint density at radius 2 is 2.00 bits per heavy atom. The van der Waals surface area contributed by atoms with Crippen LogP contribution in [0.1, 0.15) is 18.5 Å². The van der Waals surface area contributed by atoms with Crippen LogP contribution in [0.15, 0.2) is 53.7 Å². The molecule has 0 radical (unpaired) electrons. The smallest absolute Gasteiger partial charge is 0.319 e. The third-order valence-electron chi connectivity index (χ3n) is 4.14. The van der Waals surface area contributed by atoms with Crippen molar-refractivity contribution in [1.82, 2.24) is 10.6 Å². The van der Waals surface area contributed by atoms with Crippen LogP contribution < -0.4 is 16.0 Å². The number of halogens is 2. The second kappa shape index (κ2) is 7.65. The summed E-state index contributed by atoms with van der Waals surface area (Å²) in [5.74, 6) is -1.29. The molecule has 28 heavy (non-hydrogen) atoms. The number of benzene rings is 2. The summed E-state index contributed by atoms with van der Waals surface area (Å²) in [6.07, 6.45) is 0. The molecule has 0 saturated heterocycles. The van der Waals surface area contributed by atoms with Crippen LogP contribution in [0.25, 0.3) is 0 Å². The molecule has 0 aliphatic carbocycles. The van der Waals surface area contributed by atoms with Crippen LogP contribution in [0.3, 0.4) is 0 Å². The molecule has 3 rings (SSSR count). The fraction of sp³-hybridized carbons (Fsp3) is 0.111. The Labute approximate surface area is 163 Å². The van der Waals surface area contributed by atoms with Gasteiger partial charge < -0.3 is 16.0 Å². The zero-order valence-corrected chi connectivity index (χ0v) is 15.2. The lowest BCUT2D eigenvalue weighted by atomic mass is 9.94. The molecule has 10 heteroatoms. The number of urea groups is 1. The maximum Gasteiger partial charge on any atom is 0.319 e. The summed E-state index contributed by atoms with van der Waals surface area (Å²) >= 11 is 5.84. The van der Waals surface area contributed by atoms with Crippen molar-refractivity contribution in [1.29, 1.82) is 0 Å². The molecule has 8 nitrogen and oxygen atoms in total. The van der Waals surface area contributed by atoms with Gasteiger partial charge in [0.05, 0.1) is 22.2 Å². The number of carbonyl (C=O) groups is 2. The highest BCUT2D eigenvalue weighted by Gasteiger charge is 2.32. The Kier molecular flexibility index (Phi) is 5.27. The molecule has 1 aliphatic heterocycles. The zero-order valence-electron chi connectivity index (χ0n) is 14.5. The van der Waals surface area contributed by atoms with Crippen LogP contribution in [-0.4, -0.2) is 16.9 Å². The van der Waals surface area contributed by atoms with Gasteiger partial charge in [-0.05, 0) is 30.7 Å². The number of hydrogen-bond donors (Lipinski definition) is 3. The molecule has 2 aromatic carbocycles. The molecule has 3 amide bonds. The Morgan fingerprint density at radius 3 is 2.68 bits per heavy atom. The van der Waals surface area contributed by atoms with Gasteiger partial charge in [0.1, 0.15) is 10.8 Å². The highest BCUT2D eigenvalue weighted by atomic mass is 35.5. The Bertz CT molecular complexity index is 1020. The molecule has 0 unspecified atom stereocenters. The van der Waals surface area contributed by atoms with E-state index in [0.717, 1.165) is 0 Å². The van der Waals surface area contributed by atoms with E-state index in [1.165, 1.54) is 43.3 Å². The van der Waals surface area contributed by atoms with E-state index in [2.05, 4.69) is 16.0 Å². The summed E-state index contributed by atoms with van der Waals surface area (Å²) in [6, 6.07) is 8.01. The number of nitrogens with zero attached hydrogens (tertiary/aromatic N) is 1. The van der Waals surface area contributed by atoms with Crippen LogP contribution in [0.2, 0.25) is 5.02 Å². The summed E-state index contributed by atoms with van der Waals surface area (Å²) in [7, 11) is 0. The summed E-state index contributed by atoms with van der Waals surface area (Å²) in [6.45, 7) is 1.51. The van der Waals surface area contributed by atoms with Gasteiger partial charge in [0.25, 0.3) is 11.6 Å². The number of nitro benzene ring substituents is 1.